The molecule has 3 aromatic heterocycles. The maximum Gasteiger partial charge on any atom is 0.124 e. The molecule has 6 aromatic rings. The number of benzene rings is 3. The van der Waals surface area contributed by atoms with E-state index >= 15 is 0 Å². The number of fused-ring (bicyclic) bond motifs is 3. The first-order chi connectivity index (χ1) is 21.0. The number of hydrogen-bond acceptors (Lipinski definition) is 3. The summed E-state index contributed by atoms with van der Waals surface area (Å²) in [7, 11) is 0. The number of rotatable bonds is 7. The van der Waals surface area contributed by atoms with Gasteiger partial charge in [-0.25, -0.2) is 4.39 Å². The summed E-state index contributed by atoms with van der Waals surface area (Å²) >= 11 is -0.252. The topological polar surface area (TPSA) is 25.8 Å². The van der Waals surface area contributed by atoms with Crippen LogP contribution in [0.4, 0.5) is 4.39 Å². The molecule has 0 unspecified atom stereocenters. The van der Waals surface area contributed by atoms with Gasteiger partial charge in [0.05, 0.1) is 0 Å². The van der Waals surface area contributed by atoms with Gasteiger partial charge in [-0.3, -0.25) is 0 Å². The number of nitrogens with zero attached hydrogens (tertiary/aromatic N) is 2. The van der Waals surface area contributed by atoms with Crippen molar-refractivity contribution in [3.05, 3.63) is 114 Å². The second-order valence-corrected chi connectivity index (χ2v) is 25.0. The van der Waals surface area contributed by atoms with Gasteiger partial charge in [-0.15, -0.1) is 23.8 Å². The maximum atomic E-state index is 13.5. The average molecular weight is 854 g/mol. The van der Waals surface area contributed by atoms with Crippen molar-refractivity contribution < 1.29 is 24.5 Å². The number of pyridine rings is 2. The third-order valence-electron chi connectivity index (χ3n) is 7.53. The summed E-state index contributed by atoms with van der Waals surface area (Å²) in [5.41, 5.74) is 6.86. The van der Waals surface area contributed by atoms with Crippen LogP contribution < -0.4 is 4.40 Å². The van der Waals surface area contributed by atoms with Crippen LogP contribution in [0.5, 0.6) is 0 Å². The summed E-state index contributed by atoms with van der Waals surface area (Å²) < 4.78 is 17.2. The Hall–Kier alpha value is -2.70. The maximum absolute atomic E-state index is 13.5. The number of hydrogen-bond donors (Lipinski definition) is 0. The first-order valence-corrected chi connectivity index (χ1v) is 23.6. The van der Waals surface area contributed by atoms with E-state index in [0.717, 1.165) is 55.5 Å². The van der Waals surface area contributed by atoms with E-state index in [1.54, 1.807) is 21.8 Å². The molecule has 45 heavy (non-hydrogen) atoms. The van der Waals surface area contributed by atoms with Crippen LogP contribution in [0, 0.1) is 29.8 Å². The van der Waals surface area contributed by atoms with Crippen LogP contribution in [-0.4, -0.2) is 23.2 Å². The van der Waals surface area contributed by atoms with Gasteiger partial charge < -0.3 is 4.98 Å². The monoisotopic (exact) mass is 855 g/mol. The third kappa shape index (κ3) is 8.77. The van der Waals surface area contributed by atoms with Crippen molar-refractivity contribution in [1.29, 1.82) is 0 Å². The minimum Gasteiger partial charge on any atom is -0.305 e. The fraction of sp³-hybridized carbons (Fsp3) is 0.282. The van der Waals surface area contributed by atoms with E-state index in [1.165, 1.54) is 17.2 Å². The zero-order chi connectivity index (χ0) is 31.4. The number of halogens is 1. The molecule has 0 bridgehead atoms. The predicted octanol–water partition coefficient (Wildman–Crippen LogP) is 10.5. The van der Waals surface area contributed by atoms with E-state index in [2.05, 4.69) is 92.5 Å². The molecule has 2 nitrogen and oxygen atoms in total. The molecule has 0 amide bonds. The summed E-state index contributed by atoms with van der Waals surface area (Å²) in [6.45, 7) is 9.00. The van der Waals surface area contributed by atoms with Crippen LogP contribution in [0.2, 0.25) is 17.3 Å². The summed E-state index contributed by atoms with van der Waals surface area (Å²) in [4.78, 5) is 9.26. The molecule has 0 aliphatic rings. The largest absolute Gasteiger partial charge is 0.305 e. The summed E-state index contributed by atoms with van der Waals surface area (Å²) in [6, 6.07) is 30.2. The van der Waals surface area contributed by atoms with E-state index in [1.807, 2.05) is 42.6 Å². The minimum atomic E-state index is -1.86. The SMILES string of the molecule is CC(C)Cc1cc(-c2[c-]cccc2)nc[c]1[Ge]([CH3])([CH3])[CH3].CC(C)Cc1ccnc(-c2[c-]ccc3c2sc2cc(F)ccc23)c1.[Ir]. The van der Waals surface area contributed by atoms with Crippen LogP contribution in [-0.2, 0) is 32.9 Å². The van der Waals surface area contributed by atoms with Crippen molar-refractivity contribution in [3.63, 3.8) is 0 Å². The van der Waals surface area contributed by atoms with Crippen molar-refractivity contribution >= 4 is 49.2 Å². The number of aromatic nitrogens is 2. The molecule has 0 saturated carbocycles. The predicted molar refractivity (Wildman–Crippen MR) is 190 cm³/mol. The van der Waals surface area contributed by atoms with E-state index in [0.29, 0.717) is 11.8 Å². The second kappa shape index (κ2) is 15.3. The van der Waals surface area contributed by atoms with E-state index < -0.39 is 13.3 Å². The smallest absolute Gasteiger partial charge is 0.124 e. The molecule has 0 fully saturated rings. The third-order valence-corrected chi connectivity index (χ3v) is 13.1. The minimum absolute atomic E-state index is 0. The van der Waals surface area contributed by atoms with Crippen molar-refractivity contribution in [2.24, 2.45) is 11.8 Å². The van der Waals surface area contributed by atoms with Crippen molar-refractivity contribution in [3.8, 4) is 22.5 Å². The summed E-state index contributed by atoms with van der Waals surface area (Å²) in [6.07, 6.45) is 6.17. The van der Waals surface area contributed by atoms with Gasteiger partial charge in [0, 0.05) is 31.0 Å². The molecule has 0 saturated heterocycles. The molecule has 0 atom stereocenters. The van der Waals surface area contributed by atoms with Crippen molar-refractivity contribution in [1.82, 2.24) is 9.97 Å². The van der Waals surface area contributed by atoms with Gasteiger partial charge in [0.1, 0.15) is 5.82 Å². The molecule has 235 valence electrons. The Bertz CT molecular complexity index is 1880. The normalized spacial score (nSPS) is 11.5. The molecule has 0 spiro atoms. The molecule has 3 heterocycles. The van der Waals surface area contributed by atoms with Gasteiger partial charge in [0.15, 0.2) is 0 Å². The van der Waals surface area contributed by atoms with Gasteiger partial charge >= 0.3 is 126 Å². The summed E-state index contributed by atoms with van der Waals surface area (Å²) in [5.74, 6) is 8.40. The average Bonchev–Trinajstić information content (AvgIpc) is 3.34. The first kappa shape index (κ1) is 35.2. The Morgan fingerprint density at radius 1 is 0.800 bits per heavy atom. The molecule has 0 N–H and O–H groups in total. The van der Waals surface area contributed by atoms with E-state index in [-0.39, 0.29) is 25.9 Å². The second-order valence-electron chi connectivity index (χ2n) is 13.3. The van der Waals surface area contributed by atoms with Gasteiger partial charge in [0.2, 0.25) is 0 Å². The molecular formula is C39H41FGeIrN2S-2. The van der Waals surface area contributed by atoms with Gasteiger partial charge in [-0.05, 0) is 46.3 Å². The van der Waals surface area contributed by atoms with E-state index in [4.69, 9.17) is 4.98 Å². The Kier molecular flexibility index (Phi) is 11.9. The molecule has 0 aliphatic carbocycles. The number of thiophene rings is 1. The van der Waals surface area contributed by atoms with Gasteiger partial charge in [-0.1, -0.05) is 36.9 Å². The Balaban J connectivity index is 0.000000204. The molecule has 1 radical (unpaired) electrons. The fourth-order valence-corrected chi connectivity index (χ4v) is 10.2. The zero-order valence-electron chi connectivity index (χ0n) is 27.2. The molecule has 0 aliphatic heterocycles. The van der Waals surface area contributed by atoms with Gasteiger partial charge in [0.25, 0.3) is 0 Å². The fourth-order valence-electron chi connectivity index (χ4n) is 5.60. The van der Waals surface area contributed by atoms with Crippen LogP contribution in [0.3, 0.4) is 0 Å². The first-order valence-electron chi connectivity index (χ1n) is 15.4. The quantitative estimate of drug-likeness (QED) is 0.118. The summed E-state index contributed by atoms with van der Waals surface area (Å²) in [5, 5.41) is 2.23. The molecule has 6 rings (SSSR count). The Morgan fingerprint density at radius 2 is 1.58 bits per heavy atom. The Morgan fingerprint density at radius 3 is 2.27 bits per heavy atom. The van der Waals surface area contributed by atoms with Gasteiger partial charge in [-0.2, -0.15) is 11.3 Å². The van der Waals surface area contributed by atoms with Crippen LogP contribution >= 0.6 is 11.3 Å². The van der Waals surface area contributed by atoms with Crippen molar-refractivity contribution in [2.45, 2.75) is 57.8 Å². The Labute approximate surface area is 288 Å². The van der Waals surface area contributed by atoms with Crippen molar-refractivity contribution in [2.75, 3.05) is 0 Å². The molecule has 3 aromatic carbocycles. The molecule has 6 heteroatoms. The standard InChI is InChI=1S/C21H17FNS.C18H24GeN.Ir/c1-13(2)10-14-8-9-23-19(11-14)18-5-3-4-17-16-7-6-15(22)12-20(16)24-21(17)18;1-14(2)11-16-12-18(15-9-7-6-8-10-15)20-13-17(16)19(3,4)5;/h3-4,6-9,11-13H,10H2,1-2H3;6-9,12-14H,11H2,1-5H3;/q2*-1;. The zero-order valence-corrected chi connectivity index (χ0v) is 32.5. The molecular weight excluding hydrogens is 812 g/mol. The van der Waals surface area contributed by atoms with Crippen LogP contribution in [0.25, 0.3) is 42.7 Å². The van der Waals surface area contributed by atoms with Crippen LogP contribution in [0.15, 0.2) is 85.2 Å². The van der Waals surface area contributed by atoms with Crippen LogP contribution in [0.1, 0.15) is 38.8 Å². The van der Waals surface area contributed by atoms with E-state index in [9.17, 15) is 4.39 Å².